The highest BCUT2D eigenvalue weighted by Gasteiger charge is 2.56. The van der Waals surface area contributed by atoms with E-state index in [0.717, 1.165) is 18.3 Å². The predicted octanol–water partition coefficient (Wildman–Crippen LogP) is 1.60. The molecule has 3 rings (SSSR count). The van der Waals surface area contributed by atoms with Gasteiger partial charge in [-0.3, -0.25) is 4.98 Å². The summed E-state index contributed by atoms with van der Waals surface area (Å²) in [5.74, 6) is 1.75. The van der Waals surface area contributed by atoms with Gasteiger partial charge >= 0.3 is 0 Å². The molecule has 3 nitrogen and oxygen atoms in total. The van der Waals surface area contributed by atoms with Crippen LogP contribution >= 0.6 is 0 Å². The van der Waals surface area contributed by atoms with Crippen LogP contribution in [-0.2, 0) is 0 Å². The summed E-state index contributed by atoms with van der Waals surface area (Å²) in [5.41, 5.74) is 0.433. The predicted molar refractivity (Wildman–Crippen MR) is 57.8 cm³/mol. The molecular formula is C12H16N2O. The molecule has 0 spiro atoms. The Bertz CT molecular complexity index is 354. The second-order valence-corrected chi connectivity index (χ2v) is 4.90. The molecule has 2 aliphatic rings. The first-order chi connectivity index (χ1) is 7.26. The van der Waals surface area contributed by atoms with Crippen molar-refractivity contribution in [3.63, 3.8) is 0 Å². The summed E-state index contributed by atoms with van der Waals surface area (Å²) in [6.45, 7) is 3.07. The number of piperidine rings is 1. The Hall–Kier alpha value is -1.09. The fourth-order valence-electron chi connectivity index (χ4n) is 2.58. The normalized spacial score (nSPS) is 37.4. The summed E-state index contributed by atoms with van der Waals surface area (Å²) in [4.78, 5) is 4.02. The molecule has 1 aromatic heterocycles. The number of nitrogens with zero attached hydrogens (tertiary/aromatic N) is 1. The molecule has 3 atom stereocenters. The molecule has 0 aromatic carbocycles. The highest BCUT2D eigenvalue weighted by atomic mass is 16.5. The number of rotatable bonds is 3. The second-order valence-electron chi connectivity index (χ2n) is 4.90. The third kappa shape index (κ3) is 1.72. The van der Waals surface area contributed by atoms with Crippen molar-refractivity contribution in [2.24, 2.45) is 5.92 Å². The van der Waals surface area contributed by atoms with Gasteiger partial charge in [-0.05, 0) is 37.8 Å². The lowest BCUT2D eigenvalue weighted by molar-refractivity contribution is 0.261. The van der Waals surface area contributed by atoms with Gasteiger partial charge in [-0.1, -0.05) is 0 Å². The zero-order valence-electron chi connectivity index (χ0n) is 8.94. The summed E-state index contributed by atoms with van der Waals surface area (Å²) in [7, 11) is 0. The summed E-state index contributed by atoms with van der Waals surface area (Å²) >= 11 is 0. The van der Waals surface area contributed by atoms with Gasteiger partial charge in [-0.2, -0.15) is 0 Å². The highest BCUT2D eigenvalue weighted by Crippen LogP contribution is 2.51. The average molecular weight is 204 g/mol. The van der Waals surface area contributed by atoms with Crippen molar-refractivity contribution in [3.05, 3.63) is 24.5 Å². The summed E-state index contributed by atoms with van der Waals surface area (Å²) in [5, 5.41) is 3.63. The number of aromatic nitrogens is 1. The molecule has 0 amide bonds. The second kappa shape index (κ2) is 3.20. The van der Waals surface area contributed by atoms with Crippen molar-refractivity contribution < 1.29 is 4.74 Å². The molecular weight excluding hydrogens is 188 g/mol. The number of nitrogens with one attached hydrogen (secondary N) is 1. The number of hydrogen-bond acceptors (Lipinski definition) is 3. The van der Waals surface area contributed by atoms with Crippen LogP contribution in [0, 0.1) is 5.92 Å². The minimum atomic E-state index is 0.433. The van der Waals surface area contributed by atoms with E-state index in [-0.39, 0.29) is 0 Å². The van der Waals surface area contributed by atoms with Gasteiger partial charge in [-0.25, -0.2) is 0 Å². The summed E-state index contributed by atoms with van der Waals surface area (Å²) < 4.78 is 5.68. The van der Waals surface area contributed by atoms with Gasteiger partial charge < -0.3 is 10.1 Å². The van der Waals surface area contributed by atoms with Gasteiger partial charge in [0.2, 0.25) is 0 Å². The Morgan fingerprint density at radius 3 is 3.27 bits per heavy atom. The lowest BCUT2D eigenvalue weighted by Crippen LogP contribution is -2.36. The molecule has 1 aromatic rings. The molecule has 2 fully saturated rings. The molecule has 0 radical (unpaired) electrons. The zero-order chi connectivity index (χ0) is 10.3. The monoisotopic (exact) mass is 204 g/mol. The summed E-state index contributed by atoms with van der Waals surface area (Å²) in [6, 6.07) is 4.37. The first kappa shape index (κ1) is 9.16. The Labute approximate surface area is 89.9 Å². The SMILES string of the molecule is C[C@@]12C[C@@H]1CC(COc1cccnc1)N2. The molecule has 80 valence electrons. The van der Waals surface area contributed by atoms with Gasteiger partial charge in [0, 0.05) is 17.8 Å². The van der Waals surface area contributed by atoms with Gasteiger partial charge in [0.1, 0.15) is 12.4 Å². The molecule has 1 saturated heterocycles. The smallest absolute Gasteiger partial charge is 0.137 e. The van der Waals surface area contributed by atoms with Crippen LogP contribution in [0.15, 0.2) is 24.5 Å². The fourth-order valence-corrected chi connectivity index (χ4v) is 2.58. The number of ether oxygens (including phenoxy) is 1. The van der Waals surface area contributed by atoms with E-state index < -0.39 is 0 Å². The van der Waals surface area contributed by atoms with Crippen LogP contribution in [0.4, 0.5) is 0 Å². The lowest BCUT2D eigenvalue weighted by atomic mass is 10.2. The van der Waals surface area contributed by atoms with Crippen molar-refractivity contribution in [1.82, 2.24) is 10.3 Å². The molecule has 1 unspecified atom stereocenters. The van der Waals surface area contributed by atoms with Crippen LogP contribution in [0.2, 0.25) is 0 Å². The number of pyridine rings is 1. The molecule has 15 heavy (non-hydrogen) atoms. The van der Waals surface area contributed by atoms with Crippen molar-refractivity contribution in [1.29, 1.82) is 0 Å². The highest BCUT2D eigenvalue weighted by molar-refractivity contribution is 5.17. The third-order valence-electron chi connectivity index (χ3n) is 3.60. The van der Waals surface area contributed by atoms with Crippen molar-refractivity contribution in [3.8, 4) is 5.75 Å². The summed E-state index contributed by atoms with van der Waals surface area (Å²) in [6.07, 6.45) is 6.13. The molecule has 2 heterocycles. The number of fused-ring (bicyclic) bond motifs is 1. The van der Waals surface area contributed by atoms with Crippen LogP contribution < -0.4 is 10.1 Å². The third-order valence-corrected chi connectivity index (χ3v) is 3.60. The minimum Gasteiger partial charge on any atom is -0.490 e. The Morgan fingerprint density at radius 1 is 1.67 bits per heavy atom. The Morgan fingerprint density at radius 2 is 2.60 bits per heavy atom. The van der Waals surface area contributed by atoms with E-state index in [9.17, 15) is 0 Å². The van der Waals surface area contributed by atoms with E-state index in [4.69, 9.17) is 4.74 Å². The molecule has 1 aliphatic heterocycles. The fraction of sp³-hybridized carbons (Fsp3) is 0.583. The van der Waals surface area contributed by atoms with Gasteiger partial charge in [0.15, 0.2) is 0 Å². The zero-order valence-corrected chi connectivity index (χ0v) is 8.94. The van der Waals surface area contributed by atoms with Crippen LogP contribution in [0.5, 0.6) is 5.75 Å². The molecule has 1 saturated carbocycles. The minimum absolute atomic E-state index is 0.433. The van der Waals surface area contributed by atoms with Crippen LogP contribution in [0.3, 0.4) is 0 Å². The average Bonchev–Trinajstić information content (AvgIpc) is 2.76. The first-order valence-corrected chi connectivity index (χ1v) is 5.57. The quantitative estimate of drug-likeness (QED) is 0.812. The van der Waals surface area contributed by atoms with Gasteiger partial charge in [-0.15, -0.1) is 0 Å². The molecule has 1 N–H and O–H groups in total. The van der Waals surface area contributed by atoms with Crippen LogP contribution in [0.25, 0.3) is 0 Å². The molecule has 3 heteroatoms. The maximum Gasteiger partial charge on any atom is 0.137 e. The van der Waals surface area contributed by atoms with Crippen molar-refractivity contribution in [2.75, 3.05) is 6.61 Å². The van der Waals surface area contributed by atoms with Crippen LogP contribution in [-0.4, -0.2) is 23.2 Å². The Balaban J connectivity index is 1.52. The largest absolute Gasteiger partial charge is 0.490 e. The number of hydrogen-bond donors (Lipinski definition) is 1. The molecule has 0 bridgehead atoms. The Kier molecular flexibility index (Phi) is 1.96. The van der Waals surface area contributed by atoms with E-state index in [1.165, 1.54) is 12.8 Å². The van der Waals surface area contributed by atoms with E-state index in [2.05, 4.69) is 17.2 Å². The van der Waals surface area contributed by atoms with E-state index in [1.54, 1.807) is 12.4 Å². The maximum absolute atomic E-state index is 5.68. The van der Waals surface area contributed by atoms with Crippen LogP contribution in [0.1, 0.15) is 19.8 Å². The van der Waals surface area contributed by atoms with E-state index in [0.29, 0.717) is 11.6 Å². The van der Waals surface area contributed by atoms with E-state index in [1.807, 2.05) is 12.1 Å². The topological polar surface area (TPSA) is 34.1 Å². The van der Waals surface area contributed by atoms with Crippen molar-refractivity contribution in [2.45, 2.75) is 31.3 Å². The van der Waals surface area contributed by atoms with Gasteiger partial charge in [0.05, 0.1) is 6.20 Å². The molecule has 1 aliphatic carbocycles. The maximum atomic E-state index is 5.68. The first-order valence-electron chi connectivity index (χ1n) is 5.57. The lowest BCUT2D eigenvalue weighted by Gasteiger charge is -2.16. The standard InChI is InChI=1S/C12H16N2O/c1-12-6-9(12)5-10(14-12)8-15-11-3-2-4-13-7-11/h2-4,7,9-10,14H,5-6,8H2,1H3/t9-,10?,12+/m0/s1. The van der Waals surface area contributed by atoms with Gasteiger partial charge in [0.25, 0.3) is 0 Å². The van der Waals surface area contributed by atoms with E-state index >= 15 is 0 Å². The van der Waals surface area contributed by atoms with Crippen molar-refractivity contribution >= 4 is 0 Å².